The maximum Gasteiger partial charge on any atom is 0.133 e. The molecule has 0 amide bonds. The molecule has 0 aromatic carbocycles. The molecule has 0 aliphatic heterocycles. The molecule has 1 atom stereocenters. The first-order chi connectivity index (χ1) is 6.55. The van der Waals surface area contributed by atoms with Crippen molar-refractivity contribution in [3.05, 3.63) is 0 Å². The highest BCUT2D eigenvalue weighted by Gasteiger charge is 2.57. The van der Waals surface area contributed by atoms with Crippen LogP contribution in [0.25, 0.3) is 0 Å². The van der Waals surface area contributed by atoms with Gasteiger partial charge in [0, 0.05) is 12.0 Å². The second kappa shape index (κ2) is 3.34. The largest absolute Gasteiger partial charge is 0.306 e. The Morgan fingerprint density at radius 2 is 1.86 bits per heavy atom. The van der Waals surface area contributed by atoms with Gasteiger partial charge < -0.3 is 4.90 Å². The number of ketones is 1. The Hall–Kier alpha value is -0.370. The van der Waals surface area contributed by atoms with Gasteiger partial charge in [-0.1, -0.05) is 0 Å². The minimum Gasteiger partial charge on any atom is -0.306 e. The van der Waals surface area contributed by atoms with Crippen molar-refractivity contribution in [1.29, 1.82) is 0 Å². The number of rotatable bonds is 2. The monoisotopic (exact) mass is 195 g/mol. The number of carbonyl (C=O) groups is 1. The van der Waals surface area contributed by atoms with E-state index in [0.29, 0.717) is 17.1 Å². The van der Waals surface area contributed by atoms with Gasteiger partial charge in [0.25, 0.3) is 0 Å². The Labute approximate surface area is 86.7 Å². The molecule has 0 saturated heterocycles. The van der Waals surface area contributed by atoms with E-state index in [0.717, 1.165) is 6.04 Å². The first kappa shape index (κ1) is 10.2. The molecule has 80 valence electrons. The van der Waals surface area contributed by atoms with Crippen molar-refractivity contribution in [3.8, 4) is 0 Å². The molecule has 0 aromatic heterocycles. The van der Waals surface area contributed by atoms with Crippen molar-refractivity contribution in [2.75, 3.05) is 14.1 Å². The van der Waals surface area contributed by atoms with Crippen LogP contribution in [0.1, 0.15) is 39.0 Å². The average Bonchev–Trinajstić information content (AvgIpc) is 2.80. The van der Waals surface area contributed by atoms with Crippen molar-refractivity contribution >= 4 is 5.78 Å². The molecule has 0 radical (unpaired) electrons. The van der Waals surface area contributed by atoms with E-state index in [1.807, 2.05) is 0 Å². The van der Waals surface area contributed by atoms with Gasteiger partial charge >= 0.3 is 0 Å². The van der Waals surface area contributed by atoms with Gasteiger partial charge in [-0.25, -0.2) is 0 Å². The quantitative estimate of drug-likeness (QED) is 0.672. The zero-order valence-electron chi connectivity index (χ0n) is 9.55. The van der Waals surface area contributed by atoms with E-state index in [1.54, 1.807) is 6.92 Å². The lowest BCUT2D eigenvalue weighted by molar-refractivity contribution is -0.119. The van der Waals surface area contributed by atoms with E-state index < -0.39 is 0 Å². The summed E-state index contributed by atoms with van der Waals surface area (Å²) >= 11 is 0. The smallest absolute Gasteiger partial charge is 0.133 e. The fraction of sp³-hybridized carbons (Fsp3) is 0.917. The Morgan fingerprint density at radius 3 is 2.21 bits per heavy atom. The number of Topliss-reactive ketones (excluding diaryl/α,β-unsaturated/α-hetero) is 1. The van der Waals surface area contributed by atoms with Crippen LogP contribution in [0.3, 0.4) is 0 Å². The molecule has 0 N–H and O–H groups in total. The van der Waals surface area contributed by atoms with Crippen LogP contribution in [-0.2, 0) is 4.79 Å². The van der Waals surface area contributed by atoms with Crippen LogP contribution >= 0.6 is 0 Å². The topological polar surface area (TPSA) is 20.3 Å². The summed E-state index contributed by atoms with van der Waals surface area (Å²) in [6.07, 6.45) is 6.32. The van der Waals surface area contributed by atoms with Crippen LogP contribution in [0.2, 0.25) is 0 Å². The summed E-state index contributed by atoms with van der Waals surface area (Å²) in [7, 11) is 4.33. The molecule has 14 heavy (non-hydrogen) atoms. The van der Waals surface area contributed by atoms with Crippen LogP contribution in [0, 0.1) is 11.3 Å². The molecule has 2 nitrogen and oxygen atoms in total. The molecule has 2 fully saturated rings. The molecule has 0 aromatic rings. The van der Waals surface area contributed by atoms with Gasteiger partial charge in [0.1, 0.15) is 5.78 Å². The van der Waals surface area contributed by atoms with E-state index in [2.05, 4.69) is 19.0 Å². The molecule has 2 rings (SSSR count). The molecule has 2 saturated carbocycles. The zero-order chi connectivity index (χ0) is 10.3. The van der Waals surface area contributed by atoms with Crippen molar-refractivity contribution in [3.63, 3.8) is 0 Å². The summed E-state index contributed by atoms with van der Waals surface area (Å²) in [5, 5.41) is 0. The lowest BCUT2D eigenvalue weighted by Crippen LogP contribution is -2.33. The summed E-state index contributed by atoms with van der Waals surface area (Å²) in [6, 6.07) is 0.758. The second-order valence-electron chi connectivity index (χ2n) is 5.42. The van der Waals surface area contributed by atoms with Gasteiger partial charge in [-0.3, -0.25) is 4.79 Å². The normalized spacial score (nSPS) is 41.7. The predicted molar refractivity (Wildman–Crippen MR) is 57.2 cm³/mol. The first-order valence-corrected chi connectivity index (χ1v) is 5.72. The van der Waals surface area contributed by atoms with Crippen LogP contribution in [-0.4, -0.2) is 30.8 Å². The molecular formula is C12H21NO. The van der Waals surface area contributed by atoms with Crippen LogP contribution < -0.4 is 0 Å². The molecule has 2 aliphatic carbocycles. The van der Waals surface area contributed by atoms with Crippen molar-refractivity contribution in [1.82, 2.24) is 4.90 Å². The van der Waals surface area contributed by atoms with E-state index in [9.17, 15) is 4.79 Å². The minimum absolute atomic E-state index is 0.422. The minimum atomic E-state index is 0.422. The third kappa shape index (κ3) is 1.60. The third-order valence-electron chi connectivity index (χ3n) is 4.36. The molecule has 2 heteroatoms. The Bertz CT molecular complexity index is 239. The Kier molecular flexibility index (Phi) is 2.42. The summed E-state index contributed by atoms with van der Waals surface area (Å²) < 4.78 is 0. The zero-order valence-corrected chi connectivity index (χ0v) is 9.55. The highest BCUT2D eigenvalue weighted by Crippen LogP contribution is 2.61. The fourth-order valence-corrected chi connectivity index (χ4v) is 3.17. The van der Waals surface area contributed by atoms with Gasteiger partial charge in [-0.05, 0) is 58.5 Å². The van der Waals surface area contributed by atoms with Crippen LogP contribution in [0.15, 0.2) is 0 Å². The van der Waals surface area contributed by atoms with Gasteiger partial charge in [0.15, 0.2) is 0 Å². The second-order valence-corrected chi connectivity index (χ2v) is 5.42. The maximum absolute atomic E-state index is 11.3. The van der Waals surface area contributed by atoms with Crippen LogP contribution in [0.5, 0.6) is 0 Å². The van der Waals surface area contributed by atoms with Crippen molar-refractivity contribution < 1.29 is 4.79 Å². The number of hydrogen-bond acceptors (Lipinski definition) is 2. The fourth-order valence-electron chi connectivity index (χ4n) is 3.17. The molecule has 0 bridgehead atoms. The highest BCUT2D eigenvalue weighted by atomic mass is 16.1. The number of carbonyl (C=O) groups excluding carboxylic acids is 1. The van der Waals surface area contributed by atoms with Gasteiger partial charge in [-0.15, -0.1) is 0 Å². The van der Waals surface area contributed by atoms with Gasteiger partial charge in [-0.2, -0.15) is 0 Å². The van der Waals surface area contributed by atoms with E-state index in [1.165, 1.54) is 32.1 Å². The predicted octanol–water partition coefficient (Wildman–Crippen LogP) is 2.09. The Balaban J connectivity index is 1.89. The third-order valence-corrected chi connectivity index (χ3v) is 4.36. The van der Waals surface area contributed by atoms with Crippen molar-refractivity contribution in [2.24, 2.45) is 11.3 Å². The summed E-state index contributed by atoms with van der Waals surface area (Å²) in [6.45, 7) is 1.76. The van der Waals surface area contributed by atoms with E-state index in [-0.39, 0.29) is 0 Å². The summed E-state index contributed by atoms with van der Waals surface area (Å²) in [5.74, 6) is 0.846. The highest BCUT2D eigenvalue weighted by molar-refractivity contribution is 5.82. The summed E-state index contributed by atoms with van der Waals surface area (Å²) in [4.78, 5) is 13.6. The SMILES string of the molecule is CC(=O)C1CC12CCC(N(C)C)CC2. The average molecular weight is 195 g/mol. The number of nitrogens with zero attached hydrogens (tertiary/aromatic N) is 1. The molecule has 1 unspecified atom stereocenters. The molecular weight excluding hydrogens is 174 g/mol. The van der Waals surface area contributed by atoms with E-state index in [4.69, 9.17) is 0 Å². The molecule has 0 heterocycles. The van der Waals surface area contributed by atoms with Gasteiger partial charge in [0.05, 0.1) is 0 Å². The summed E-state index contributed by atoms with van der Waals surface area (Å²) in [5.41, 5.74) is 0.457. The lowest BCUT2D eigenvalue weighted by atomic mass is 9.81. The van der Waals surface area contributed by atoms with Gasteiger partial charge in [0.2, 0.25) is 0 Å². The lowest BCUT2D eigenvalue weighted by Gasteiger charge is -2.33. The number of hydrogen-bond donors (Lipinski definition) is 0. The maximum atomic E-state index is 11.3. The first-order valence-electron chi connectivity index (χ1n) is 5.72. The molecule has 2 aliphatic rings. The van der Waals surface area contributed by atoms with E-state index >= 15 is 0 Å². The standard InChI is InChI=1S/C12H21NO/c1-9(14)11-8-12(11)6-4-10(5-7-12)13(2)3/h10-11H,4-8H2,1-3H3. The van der Waals surface area contributed by atoms with Crippen LogP contribution in [0.4, 0.5) is 0 Å². The molecule has 1 spiro atoms. The Morgan fingerprint density at radius 1 is 1.29 bits per heavy atom. The van der Waals surface area contributed by atoms with Crippen molar-refractivity contribution in [2.45, 2.75) is 45.1 Å².